The van der Waals surface area contributed by atoms with E-state index in [1.54, 1.807) is 12.1 Å². The second-order valence-electron chi connectivity index (χ2n) is 9.59. The number of hydrogen-bond donors (Lipinski definition) is 7. The average Bonchev–Trinajstić information content (AvgIpc) is 3.13. The number of hydrogen-bond acceptors (Lipinski definition) is 10. The number of aliphatic hydroxyl groups is 3. The van der Waals surface area contributed by atoms with Crippen LogP contribution in [0.4, 0.5) is 17.5 Å². The molecule has 9 nitrogen and oxygen atoms in total. The van der Waals surface area contributed by atoms with Gasteiger partial charge in [0.25, 0.3) is 0 Å². The predicted octanol–water partition coefficient (Wildman–Crippen LogP) is 3.37. The maximum Gasteiger partial charge on any atom is 0.225 e. The van der Waals surface area contributed by atoms with Gasteiger partial charge in [-0.1, -0.05) is 42.0 Å². The highest BCUT2D eigenvalue weighted by Crippen LogP contribution is 2.36. The van der Waals surface area contributed by atoms with E-state index in [0.29, 0.717) is 40.9 Å². The van der Waals surface area contributed by atoms with Crippen LogP contribution in [-0.2, 0) is 0 Å². The third kappa shape index (κ3) is 6.10. The van der Waals surface area contributed by atoms with Gasteiger partial charge in [-0.05, 0) is 44.9 Å². The number of anilines is 3. The number of thiol groups is 1. The van der Waals surface area contributed by atoms with Crippen LogP contribution < -0.4 is 21.1 Å². The van der Waals surface area contributed by atoms with Crippen LogP contribution in [0.2, 0.25) is 0 Å². The normalized spacial score (nSPS) is 22.9. The minimum Gasteiger partial charge on any atom is -0.473 e. The van der Waals surface area contributed by atoms with Gasteiger partial charge >= 0.3 is 0 Å². The van der Waals surface area contributed by atoms with Crippen LogP contribution in [0.1, 0.15) is 47.2 Å². The fourth-order valence-electron chi connectivity index (χ4n) is 4.58. The summed E-state index contributed by atoms with van der Waals surface area (Å²) in [6.07, 6.45) is -1.75. The van der Waals surface area contributed by atoms with Crippen LogP contribution >= 0.6 is 12.6 Å². The van der Waals surface area contributed by atoms with Gasteiger partial charge in [0.2, 0.25) is 5.95 Å². The maximum atomic E-state index is 10.6. The summed E-state index contributed by atoms with van der Waals surface area (Å²) >= 11 is 4.69. The Morgan fingerprint density at radius 2 is 1.78 bits per heavy atom. The number of aliphatic hydroxyl groups excluding tert-OH is 3. The van der Waals surface area contributed by atoms with Gasteiger partial charge in [0.1, 0.15) is 17.7 Å². The molecule has 3 aromatic rings. The van der Waals surface area contributed by atoms with Crippen molar-refractivity contribution < 1.29 is 20.1 Å². The number of nitrogens with zero attached hydrogens (tertiary/aromatic N) is 2. The second kappa shape index (κ2) is 11.6. The largest absolute Gasteiger partial charge is 0.473 e. The molecule has 10 heteroatoms. The Morgan fingerprint density at radius 3 is 2.43 bits per heavy atom. The lowest BCUT2D eigenvalue weighted by atomic mass is 10.1. The first kappa shape index (κ1) is 27.0. The molecule has 1 aliphatic rings. The lowest BCUT2D eigenvalue weighted by Gasteiger charge is -2.25. The van der Waals surface area contributed by atoms with Gasteiger partial charge in [-0.2, -0.15) is 4.98 Å². The molecule has 1 fully saturated rings. The van der Waals surface area contributed by atoms with Crippen molar-refractivity contribution in [2.75, 3.05) is 23.0 Å². The molecule has 7 N–H and O–H groups in total. The molecule has 2 aromatic carbocycles. The number of para-hydroxylation sites is 2. The number of nitrogens with one attached hydrogen (secondary N) is 2. The first-order valence-electron chi connectivity index (χ1n) is 12.3. The van der Waals surface area contributed by atoms with Gasteiger partial charge in [-0.25, -0.2) is 4.98 Å². The average molecular weight is 526 g/mol. The molecular formula is C27H35N5O4S. The van der Waals surface area contributed by atoms with E-state index in [-0.39, 0.29) is 12.6 Å². The van der Waals surface area contributed by atoms with Crippen molar-refractivity contribution in [2.24, 2.45) is 5.92 Å². The first-order valence-corrected chi connectivity index (χ1v) is 12.8. The minimum absolute atomic E-state index is 0.0662. The van der Waals surface area contributed by atoms with Gasteiger partial charge in [0, 0.05) is 12.5 Å². The number of benzene rings is 2. The molecule has 1 aromatic heterocycles. The summed E-state index contributed by atoms with van der Waals surface area (Å²) in [5.74, 6) is 0.837. The fourth-order valence-corrected chi connectivity index (χ4v) is 5.00. The Bertz CT molecular complexity index is 1210. The summed E-state index contributed by atoms with van der Waals surface area (Å²) < 4.78 is 6.06. The molecule has 0 radical (unpaired) electrons. The first-order chi connectivity index (χ1) is 17.7. The van der Waals surface area contributed by atoms with E-state index in [0.717, 1.165) is 5.56 Å². The van der Waals surface area contributed by atoms with Crippen molar-refractivity contribution in [3.63, 3.8) is 0 Å². The Morgan fingerprint density at radius 1 is 1.08 bits per heavy atom. The van der Waals surface area contributed by atoms with E-state index in [1.165, 1.54) is 5.56 Å². The molecule has 6 unspecified atom stereocenters. The molecule has 0 spiro atoms. The number of aromatic nitrogens is 2. The molecule has 1 aliphatic carbocycles. The van der Waals surface area contributed by atoms with Gasteiger partial charge < -0.3 is 36.4 Å². The molecular weight excluding hydrogens is 490 g/mol. The quantitative estimate of drug-likeness (QED) is 0.127. The molecule has 0 saturated heterocycles. The van der Waals surface area contributed by atoms with Crippen molar-refractivity contribution in [3.8, 4) is 5.75 Å². The highest BCUT2D eigenvalue weighted by atomic mass is 32.1. The molecule has 0 amide bonds. The predicted molar refractivity (Wildman–Crippen MR) is 148 cm³/mol. The third-order valence-electron chi connectivity index (χ3n) is 6.82. The van der Waals surface area contributed by atoms with Gasteiger partial charge in [0.05, 0.1) is 35.1 Å². The lowest BCUT2D eigenvalue weighted by Crippen LogP contribution is -2.36. The zero-order chi connectivity index (χ0) is 26.7. The molecule has 37 heavy (non-hydrogen) atoms. The van der Waals surface area contributed by atoms with Crippen molar-refractivity contribution in [1.29, 1.82) is 0 Å². The Labute approximate surface area is 222 Å². The van der Waals surface area contributed by atoms with Gasteiger partial charge in [-0.15, -0.1) is 12.6 Å². The number of ether oxygens (including phenoxy) is 1. The fraction of sp³-hybridized carbons (Fsp3) is 0.407. The molecule has 6 atom stereocenters. The van der Waals surface area contributed by atoms with E-state index in [1.807, 2.05) is 32.9 Å². The zero-order valence-electron chi connectivity index (χ0n) is 21.2. The van der Waals surface area contributed by atoms with Gasteiger partial charge in [0.15, 0.2) is 5.44 Å². The van der Waals surface area contributed by atoms with Crippen molar-refractivity contribution >= 4 is 30.1 Å². The third-order valence-corrected chi connectivity index (χ3v) is 7.19. The van der Waals surface area contributed by atoms with Crippen molar-refractivity contribution in [3.05, 3.63) is 70.9 Å². The van der Waals surface area contributed by atoms with Crippen molar-refractivity contribution in [1.82, 2.24) is 9.97 Å². The number of nitrogen functional groups attached to an aromatic ring is 1. The molecule has 198 valence electrons. The topological polar surface area (TPSA) is 146 Å². The van der Waals surface area contributed by atoms with E-state index in [2.05, 4.69) is 39.9 Å². The Balaban J connectivity index is 1.66. The SMILES string of the molecule is Cc1ccc(C(C)Nc2nc(C)c(C(S)Oc3ccccc3N)c(NC3CC(CO)C(O)C3O)n2)cc1. The van der Waals surface area contributed by atoms with Crippen molar-refractivity contribution in [2.45, 2.75) is 56.9 Å². The van der Waals surface area contributed by atoms with Crippen LogP contribution in [0, 0.1) is 19.8 Å². The molecule has 1 heterocycles. The summed E-state index contributed by atoms with van der Waals surface area (Å²) in [6, 6.07) is 14.7. The van der Waals surface area contributed by atoms with E-state index in [4.69, 9.17) is 28.1 Å². The maximum absolute atomic E-state index is 10.6. The summed E-state index contributed by atoms with van der Waals surface area (Å²) in [7, 11) is 0. The molecule has 0 aliphatic heterocycles. The van der Waals surface area contributed by atoms with E-state index in [9.17, 15) is 15.3 Å². The summed E-state index contributed by atoms with van der Waals surface area (Å²) in [4.78, 5) is 9.39. The second-order valence-corrected chi connectivity index (χ2v) is 10.1. The number of aryl methyl sites for hydroxylation is 2. The van der Waals surface area contributed by atoms with E-state index >= 15 is 0 Å². The number of rotatable bonds is 9. The number of nitrogens with two attached hydrogens (primary N) is 1. The lowest BCUT2D eigenvalue weighted by molar-refractivity contribution is 0.00444. The Hall–Kier alpha value is -3.05. The van der Waals surface area contributed by atoms with Crippen LogP contribution in [0.15, 0.2) is 48.5 Å². The Kier molecular flexibility index (Phi) is 8.43. The molecule has 0 bridgehead atoms. The monoisotopic (exact) mass is 525 g/mol. The van der Waals surface area contributed by atoms with Crippen LogP contribution in [0.3, 0.4) is 0 Å². The smallest absolute Gasteiger partial charge is 0.225 e. The summed E-state index contributed by atoms with van der Waals surface area (Å²) in [5, 5.41) is 37.2. The van der Waals surface area contributed by atoms with Crippen LogP contribution in [0.5, 0.6) is 5.75 Å². The van der Waals surface area contributed by atoms with E-state index < -0.39 is 29.6 Å². The molecule has 1 saturated carbocycles. The van der Waals surface area contributed by atoms with Crippen LogP contribution in [-0.4, -0.2) is 50.1 Å². The molecule has 4 rings (SSSR count). The minimum atomic E-state index is -1.08. The van der Waals surface area contributed by atoms with Gasteiger partial charge in [-0.3, -0.25) is 0 Å². The zero-order valence-corrected chi connectivity index (χ0v) is 22.1. The summed E-state index contributed by atoms with van der Waals surface area (Å²) in [5.41, 5.74) is 9.23. The highest BCUT2D eigenvalue weighted by molar-refractivity contribution is 7.80. The standard InChI is InChI=1S/C27H35N5O4S/c1-14-8-10-17(11-9-14)15(2)29-27-30-16(3)22(26(37)36-21-7-5-4-6-19(21)28)25(32-27)31-20-12-18(13-33)23(34)24(20)35/h4-11,15,18,20,23-24,26,33-35,37H,12-13,28H2,1-3H3,(H2,29,30,31,32). The van der Waals surface area contributed by atoms with Crippen LogP contribution in [0.25, 0.3) is 0 Å². The summed E-state index contributed by atoms with van der Waals surface area (Å²) in [6.45, 7) is 5.68. The highest BCUT2D eigenvalue weighted by Gasteiger charge is 2.41.